The number of benzene rings is 1. The number of nitrogens with two attached hydrogens (primary N) is 1. The van der Waals surface area contributed by atoms with Crippen LogP contribution in [0, 0.1) is 0 Å². The Balaban J connectivity index is 1.19. The maximum absolute atomic E-state index is 13.5. The van der Waals surface area contributed by atoms with Gasteiger partial charge >= 0.3 is 0 Å². The van der Waals surface area contributed by atoms with Crippen molar-refractivity contribution < 1.29 is 9.90 Å². The van der Waals surface area contributed by atoms with Crippen molar-refractivity contribution >= 4 is 22.9 Å². The van der Waals surface area contributed by atoms with Crippen LogP contribution in [0.1, 0.15) is 66.2 Å². The lowest BCUT2D eigenvalue weighted by Crippen LogP contribution is -2.26. The van der Waals surface area contributed by atoms with Crippen molar-refractivity contribution in [2.45, 2.75) is 63.5 Å². The van der Waals surface area contributed by atoms with Gasteiger partial charge in [0.2, 0.25) is 0 Å². The van der Waals surface area contributed by atoms with E-state index in [9.17, 15) is 14.7 Å². The summed E-state index contributed by atoms with van der Waals surface area (Å²) < 4.78 is 5.28. The number of carbonyl (C=O) groups is 1. The second-order valence-corrected chi connectivity index (χ2v) is 11.1. The van der Waals surface area contributed by atoms with Crippen molar-refractivity contribution in [1.29, 1.82) is 0 Å². The van der Waals surface area contributed by atoms with E-state index in [2.05, 4.69) is 26.4 Å². The zero-order valence-electron chi connectivity index (χ0n) is 23.1. The number of nitrogens with zero attached hydrogens (tertiary/aromatic N) is 6. The number of hydrogen-bond acceptors (Lipinski definition) is 7. The van der Waals surface area contributed by atoms with Crippen LogP contribution in [0.25, 0.3) is 22.5 Å². The summed E-state index contributed by atoms with van der Waals surface area (Å²) in [6, 6.07) is 15.0. The van der Waals surface area contributed by atoms with Crippen LogP contribution in [0.2, 0.25) is 0 Å². The third-order valence-electron chi connectivity index (χ3n) is 8.55. The highest BCUT2D eigenvalue weighted by atomic mass is 16.3. The molecule has 42 heavy (non-hydrogen) atoms. The molecular formula is C31H32N8O3. The first-order valence-corrected chi connectivity index (χ1v) is 14.5. The quantitative estimate of drug-likeness (QED) is 0.293. The summed E-state index contributed by atoms with van der Waals surface area (Å²) in [6.07, 6.45) is 8.67. The smallest absolute Gasteiger partial charge is 0.285 e. The van der Waals surface area contributed by atoms with Crippen LogP contribution >= 0.6 is 0 Å². The molecule has 4 aromatic heterocycles. The molecule has 0 bridgehead atoms. The van der Waals surface area contributed by atoms with Crippen LogP contribution < -0.4 is 16.6 Å². The third-order valence-corrected chi connectivity index (χ3v) is 8.55. The largest absolute Gasteiger partial charge is 0.393 e. The highest BCUT2D eigenvalue weighted by molar-refractivity contribution is 6.05. The number of amides is 1. The minimum absolute atomic E-state index is 0.162. The molecule has 7 rings (SSSR count). The average Bonchev–Trinajstić information content (AvgIpc) is 3.54. The van der Waals surface area contributed by atoms with E-state index in [1.165, 1.54) is 11.0 Å². The highest BCUT2D eigenvalue weighted by Crippen LogP contribution is 2.39. The van der Waals surface area contributed by atoms with Gasteiger partial charge in [-0.1, -0.05) is 18.2 Å². The monoisotopic (exact) mass is 564 g/mol. The Bertz CT molecular complexity index is 1830. The van der Waals surface area contributed by atoms with Crippen molar-refractivity contribution in [3.63, 3.8) is 0 Å². The van der Waals surface area contributed by atoms with E-state index in [0.29, 0.717) is 30.3 Å². The molecule has 1 saturated carbocycles. The molecule has 1 aliphatic heterocycles. The first-order valence-electron chi connectivity index (χ1n) is 14.5. The van der Waals surface area contributed by atoms with Gasteiger partial charge < -0.3 is 16.2 Å². The lowest BCUT2D eigenvalue weighted by atomic mass is 9.85. The number of hydrogen-bond donors (Lipinski definition) is 3. The number of pyridine rings is 1. The van der Waals surface area contributed by atoms with Crippen LogP contribution in [0.4, 0.5) is 11.5 Å². The Kier molecular flexibility index (Phi) is 6.58. The van der Waals surface area contributed by atoms with Gasteiger partial charge in [-0.3, -0.25) is 14.3 Å². The molecule has 1 fully saturated rings. The summed E-state index contributed by atoms with van der Waals surface area (Å²) in [5, 5.41) is 17.4. The highest BCUT2D eigenvalue weighted by Gasteiger charge is 2.29. The fourth-order valence-electron chi connectivity index (χ4n) is 6.47. The van der Waals surface area contributed by atoms with E-state index in [1.54, 1.807) is 18.3 Å². The summed E-state index contributed by atoms with van der Waals surface area (Å²) in [6.45, 7) is 0.658. The fourth-order valence-corrected chi connectivity index (χ4v) is 6.47. The van der Waals surface area contributed by atoms with Gasteiger partial charge in [0.05, 0.1) is 11.8 Å². The predicted octanol–water partition coefficient (Wildman–Crippen LogP) is 3.93. The zero-order valence-corrected chi connectivity index (χ0v) is 23.1. The van der Waals surface area contributed by atoms with Crippen molar-refractivity contribution in [1.82, 2.24) is 28.9 Å². The Morgan fingerprint density at radius 2 is 1.83 bits per heavy atom. The van der Waals surface area contributed by atoms with Crippen LogP contribution in [-0.2, 0) is 13.0 Å². The van der Waals surface area contributed by atoms with Crippen molar-refractivity contribution in [2.75, 3.05) is 11.1 Å². The molecule has 0 saturated heterocycles. The van der Waals surface area contributed by atoms with E-state index < -0.39 is 5.91 Å². The zero-order chi connectivity index (χ0) is 28.8. The number of fused-ring (bicyclic) bond motifs is 2. The summed E-state index contributed by atoms with van der Waals surface area (Å²) in [5.41, 5.74) is 11.1. The minimum atomic E-state index is -0.429. The minimum Gasteiger partial charge on any atom is -0.393 e. The van der Waals surface area contributed by atoms with Gasteiger partial charge in [0.25, 0.3) is 11.5 Å². The van der Waals surface area contributed by atoms with E-state index in [4.69, 9.17) is 5.73 Å². The van der Waals surface area contributed by atoms with E-state index >= 15 is 0 Å². The predicted molar refractivity (Wildman–Crippen MR) is 159 cm³/mol. The topological polar surface area (TPSA) is 145 Å². The molecule has 0 atom stereocenters. The number of aliphatic hydroxyl groups excluding tert-OH is 1. The lowest BCUT2D eigenvalue weighted by molar-refractivity contribution is 0.102. The van der Waals surface area contributed by atoms with Crippen LogP contribution in [0.15, 0.2) is 65.8 Å². The second kappa shape index (κ2) is 10.6. The summed E-state index contributed by atoms with van der Waals surface area (Å²) in [5.74, 6) is 0.732. The maximum Gasteiger partial charge on any atom is 0.285 e. The van der Waals surface area contributed by atoms with E-state index in [1.807, 2.05) is 39.5 Å². The standard InChI is InChI=1S/C31H32N8O3/c32-29-28-23(17-25(38(28)35-18-34-29)20-9-13-22(40)14-10-20)19-7-11-21(12-8-19)36-30(41)27-24-5-2-4-16-37(24)39(31(27)42)26-6-1-3-15-33-26/h1,3,6-8,11-12,15,17-18,20,22,40H,2,4-5,9-10,13-14,16H2,(H,36,41)(H2,32,34,35). The number of carbonyl (C=O) groups excluding carboxylic acids is 1. The number of nitrogen functional groups attached to an aromatic ring is 1. The molecule has 11 heteroatoms. The fraction of sp³-hybridized carbons (Fsp3) is 0.323. The molecule has 0 radical (unpaired) electrons. The van der Waals surface area contributed by atoms with Gasteiger partial charge in [0, 0.05) is 35.6 Å². The summed E-state index contributed by atoms with van der Waals surface area (Å²) >= 11 is 0. The van der Waals surface area contributed by atoms with Gasteiger partial charge in [-0.15, -0.1) is 0 Å². The van der Waals surface area contributed by atoms with Crippen LogP contribution in [0.3, 0.4) is 0 Å². The normalized spacial score (nSPS) is 18.6. The molecule has 5 aromatic rings. The molecule has 11 nitrogen and oxygen atoms in total. The van der Waals surface area contributed by atoms with Gasteiger partial charge in [0.15, 0.2) is 11.6 Å². The Hall–Kier alpha value is -4.77. The number of aromatic nitrogens is 6. The Morgan fingerprint density at radius 1 is 1.02 bits per heavy atom. The lowest BCUT2D eigenvalue weighted by Gasteiger charge is -2.24. The molecule has 214 valence electrons. The molecule has 1 aliphatic carbocycles. The molecule has 2 aliphatic rings. The number of anilines is 2. The molecule has 0 spiro atoms. The van der Waals surface area contributed by atoms with Crippen LogP contribution in [0.5, 0.6) is 0 Å². The van der Waals surface area contributed by atoms with Crippen molar-refractivity contribution in [3.8, 4) is 16.9 Å². The second-order valence-electron chi connectivity index (χ2n) is 11.1. The van der Waals surface area contributed by atoms with Crippen LogP contribution in [-0.4, -0.2) is 46.1 Å². The number of nitrogens with one attached hydrogen (secondary N) is 1. The molecule has 1 aromatic carbocycles. The third kappa shape index (κ3) is 4.46. The average molecular weight is 565 g/mol. The Morgan fingerprint density at radius 3 is 2.60 bits per heavy atom. The Labute approximate surface area is 241 Å². The molecule has 4 N–H and O–H groups in total. The molecule has 0 unspecified atom stereocenters. The first-order chi connectivity index (χ1) is 20.5. The summed E-state index contributed by atoms with van der Waals surface area (Å²) in [7, 11) is 0. The van der Waals surface area contributed by atoms with Crippen molar-refractivity contribution in [3.05, 3.63) is 88.4 Å². The van der Waals surface area contributed by atoms with Gasteiger partial charge in [-0.25, -0.2) is 14.5 Å². The molecule has 1 amide bonds. The van der Waals surface area contributed by atoms with Crippen molar-refractivity contribution in [2.24, 2.45) is 0 Å². The van der Waals surface area contributed by atoms with Gasteiger partial charge in [-0.05, 0) is 80.8 Å². The number of aliphatic hydroxyl groups is 1. The summed E-state index contributed by atoms with van der Waals surface area (Å²) in [4.78, 5) is 35.6. The first kappa shape index (κ1) is 26.1. The molecule has 5 heterocycles. The van der Waals surface area contributed by atoms with Gasteiger partial charge in [-0.2, -0.15) is 9.78 Å². The van der Waals surface area contributed by atoms with Gasteiger partial charge in [0.1, 0.15) is 17.4 Å². The maximum atomic E-state index is 13.5. The van der Waals surface area contributed by atoms with E-state index in [0.717, 1.165) is 66.6 Å². The number of rotatable bonds is 5. The SMILES string of the molecule is Nc1ncnn2c(C3CCC(O)CC3)cc(-c3ccc(NC(=O)c4c5n(n(-c6ccccn6)c4=O)CCCC5)cc3)c12. The molecular weight excluding hydrogens is 532 g/mol. The van der Waals surface area contributed by atoms with E-state index in [-0.39, 0.29) is 23.1 Å².